The second kappa shape index (κ2) is 6.77. The van der Waals surface area contributed by atoms with Gasteiger partial charge in [0.1, 0.15) is 6.10 Å². The molecular formula is C16H24OSi. The topological polar surface area (TPSA) is 20.2 Å². The zero-order chi connectivity index (χ0) is 13.6. The summed E-state index contributed by atoms with van der Waals surface area (Å²) in [6.45, 7) is 9.23. The first kappa shape index (κ1) is 15.0. The number of rotatable bonds is 4. The third-order valence-electron chi connectivity index (χ3n) is 3.13. The second-order valence-electron chi connectivity index (χ2n) is 5.81. The Labute approximate surface area is 112 Å². The Balaban J connectivity index is 2.79. The Morgan fingerprint density at radius 3 is 2.22 bits per heavy atom. The number of benzene rings is 1. The summed E-state index contributed by atoms with van der Waals surface area (Å²) < 4.78 is 0. The van der Waals surface area contributed by atoms with Crippen molar-refractivity contribution >= 4 is 8.07 Å². The molecule has 1 aromatic rings. The minimum absolute atomic E-state index is 0.473. The molecule has 1 nitrogen and oxygen atoms in total. The van der Waals surface area contributed by atoms with Crippen LogP contribution in [0, 0.1) is 11.8 Å². The van der Waals surface area contributed by atoms with E-state index in [0.717, 1.165) is 18.4 Å². The van der Waals surface area contributed by atoms with Gasteiger partial charge in [0.25, 0.3) is 0 Å². The minimum Gasteiger partial charge on any atom is -0.376 e. The van der Waals surface area contributed by atoms with Gasteiger partial charge < -0.3 is 5.11 Å². The Hall–Kier alpha value is -1.04. The van der Waals surface area contributed by atoms with Crippen LogP contribution in [0.3, 0.4) is 0 Å². The van der Waals surface area contributed by atoms with Gasteiger partial charge in [-0.25, -0.2) is 0 Å². The van der Waals surface area contributed by atoms with E-state index < -0.39 is 14.2 Å². The minimum atomic E-state index is -1.26. The molecule has 0 saturated heterocycles. The molecular weight excluding hydrogens is 236 g/mol. The van der Waals surface area contributed by atoms with E-state index >= 15 is 0 Å². The molecule has 1 aromatic carbocycles. The molecule has 2 atom stereocenters. The van der Waals surface area contributed by atoms with Gasteiger partial charge in [0.15, 0.2) is 0 Å². The molecule has 0 aliphatic heterocycles. The van der Waals surface area contributed by atoms with Crippen molar-refractivity contribution < 1.29 is 5.11 Å². The lowest BCUT2D eigenvalue weighted by Gasteiger charge is -2.23. The molecule has 0 aliphatic rings. The van der Waals surface area contributed by atoms with E-state index in [9.17, 15) is 5.11 Å². The quantitative estimate of drug-likeness (QED) is 0.634. The molecule has 0 fully saturated rings. The number of hydrogen-bond acceptors (Lipinski definition) is 1. The van der Waals surface area contributed by atoms with Crippen LogP contribution in [0.25, 0.3) is 0 Å². The van der Waals surface area contributed by atoms with E-state index in [0.29, 0.717) is 5.54 Å². The van der Waals surface area contributed by atoms with Gasteiger partial charge in [0, 0.05) is 5.54 Å². The van der Waals surface area contributed by atoms with Crippen molar-refractivity contribution in [1.82, 2.24) is 0 Å². The van der Waals surface area contributed by atoms with Crippen LogP contribution in [0.15, 0.2) is 30.3 Å². The van der Waals surface area contributed by atoms with Gasteiger partial charge in [-0.05, 0) is 12.0 Å². The van der Waals surface area contributed by atoms with Crippen molar-refractivity contribution in [3.05, 3.63) is 35.9 Å². The van der Waals surface area contributed by atoms with E-state index in [2.05, 4.69) is 38.4 Å². The zero-order valence-corrected chi connectivity index (χ0v) is 12.9. The van der Waals surface area contributed by atoms with Crippen molar-refractivity contribution in [3.63, 3.8) is 0 Å². The SMILES string of the molecule is CCCC(C#CC(O)c1ccccc1)[Si](C)(C)C. The number of aliphatic hydroxyl groups is 1. The lowest BCUT2D eigenvalue weighted by molar-refractivity contribution is 0.238. The van der Waals surface area contributed by atoms with Gasteiger partial charge in [0.2, 0.25) is 0 Å². The maximum Gasteiger partial charge on any atom is 0.140 e. The zero-order valence-electron chi connectivity index (χ0n) is 11.9. The molecule has 1 rings (SSSR count). The van der Waals surface area contributed by atoms with Crippen molar-refractivity contribution in [3.8, 4) is 11.8 Å². The van der Waals surface area contributed by atoms with E-state index in [1.807, 2.05) is 30.3 Å². The predicted octanol–water partition coefficient (Wildman–Crippen LogP) is 4.23. The third-order valence-corrected chi connectivity index (χ3v) is 5.66. The molecule has 2 heteroatoms. The van der Waals surface area contributed by atoms with Crippen molar-refractivity contribution in [2.75, 3.05) is 0 Å². The van der Waals surface area contributed by atoms with Crippen LogP contribution >= 0.6 is 0 Å². The summed E-state index contributed by atoms with van der Waals surface area (Å²) in [5, 5.41) is 10.0. The summed E-state index contributed by atoms with van der Waals surface area (Å²) in [5.74, 6) is 6.35. The highest BCUT2D eigenvalue weighted by Gasteiger charge is 2.24. The average Bonchev–Trinajstić information content (AvgIpc) is 2.33. The molecule has 2 unspecified atom stereocenters. The summed E-state index contributed by atoms with van der Waals surface area (Å²) in [6, 6.07) is 9.65. The highest BCUT2D eigenvalue weighted by Crippen LogP contribution is 2.26. The molecule has 0 radical (unpaired) electrons. The second-order valence-corrected chi connectivity index (χ2v) is 11.2. The molecule has 98 valence electrons. The van der Waals surface area contributed by atoms with Gasteiger partial charge in [-0.1, -0.05) is 75.2 Å². The fourth-order valence-electron chi connectivity index (χ4n) is 1.91. The number of hydrogen-bond donors (Lipinski definition) is 1. The fourth-order valence-corrected chi connectivity index (χ4v) is 3.58. The van der Waals surface area contributed by atoms with Gasteiger partial charge in [0.05, 0.1) is 8.07 Å². The summed E-state index contributed by atoms with van der Waals surface area (Å²) in [4.78, 5) is 0. The Bertz CT molecular complexity index is 408. The molecule has 0 heterocycles. The van der Waals surface area contributed by atoms with Crippen LogP contribution in [-0.4, -0.2) is 13.2 Å². The maximum absolute atomic E-state index is 10.0. The molecule has 0 spiro atoms. The van der Waals surface area contributed by atoms with E-state index in [1.54, 1.807) is 0 Å². The first-order chi connectivity index (χ1) is 8.45. The standard InChI is InChI=1S/C16H24OSi/c1-5-9-15(18(2,3)4)12-13-16(17)14-10-7-6-8-11-14/h6-8,10-11,15-17H,5,9H2,1-4H3. The molecule has 18 heavy (non-hydrogen) atoms. The maximum atomic E-state index is 10.0. The lowest BCUT2D eigenvalue weighted by atomic mass is 10.1. The Kier molecular flexibility index (Phi) is 5.65. The Morgan fingerprint density at radius 1 is 1.11 bits per heavy atom. The molecule has 0 saturated carbocycles. The third kappa shape index (κ3) is 4.68. The van der Waals surface area contributed by atoms with Crippen LogP contribution in [0.2, 0.25) is 25.2 Å². The average molecular weight is 260 g/mol. The van der Waals surface area contributed by atoms with Crippen molar-refractivity contribution in [2.24, 2.45) is 0 Å². The molecule has 0 amide bonds. The number of aliphatic hydroxyl groups excluding tert-OH is 1. The van der Waals surface area contributed by atoms with E-state index in [1.165, 1.54) is 0 Å². The monoisotopic (exact) mass is 260 g/mol. The molecule has 0 aromatic heterocycles. The van der Waals surface area contributed by atoms with Gasteiger partial charge in [-0.2, -0.15) is 0 Å². The van der Waals surface area contributed by atoms with Crippen LogP contribution < -0.4 is 0 Å². The molecule has 0 bridgehead atoms. The summed E-state index contributed by atoms with van der Waals surface area (Å²) in [7, 11) is -1.26. The van der Waals surface area contributed by atoms with Crippen LogP contribution in [0.1, 0.15) is 31.4 Å². The first-order valence-electron chi connectivity index (χ1n) is 6.69. The summed E-state index contributed by atoms with van der Waals surface area (Å²) >= 11 is 0. The van der Waals surface area contributed by atoms with E-state index in [4.69, 9.17) is 0 Å². The van der Waals surface area contributed by atoms with E-state index in [-0.39, 0.29) is 0 Å². The summed E-state index contributed by atoms with van der Waals surface area (Å²) in [6.07, 6.45) is 1.65. The molecule has 1 N–H and O–H groups in total. The smallest absolute Gasteiger partial charge is 0.140 e. The predicted molar refractivity (Wildman–Crippen MR) is 81.2 cm³/mol. The molecule has 0 aliphatic carbocycles. The fraction of sp³-hybridized carbons (Fsp3) is 0.500. The lowest BCUT2D eigenvalue weighted by Crippen LogP contribution is -2.27. The van der Waals surface area contributed by atoms with Crippen LogP contribution in [0.5, 0.6) is 0 Å². The normalized spacial score (nSPS) is 14.5. The highest BCUT2D eigenvalue weighted by atomic mass is 28.3. The van der Waals surface area contributed by atoms with Gasteiger partial charge in [-0.3, -0.25) is 0 Å². The first-order valence-corrected chi connectivity index (χ1v) is 10.3. The summed E-state index contributed by atoms with van der Waals surface area (Å²) in [5.41, 5.74) is 1.36. The Morgan fingerprint density at radius 2 is 1.72 bits per heavy atom. The van der Waals surface area contributed by atoms with Gasteiger partial charge >= 0.3 is 0 Å². The van der Waals surface area contributed by atoms with Crippen LogP contribution in [0.4, 0.5) is 0 Å². The van der Waals surface area contributed by atoms with Gasteiger partial charge in [-0.15, -0.1) is 0 Å². The van der Waals surface area contributed by atoms with Crippen molar-refractivity contribution in [1.29, 1.82) is 0 Å². The van der Waals surface area contributed by atoms with Crippen molar-refractivity contribution in [2.45, 2.75) is 51.1 Å². The highest BCUT2D eigenvalue weighted by molar-refractivity contribution is 6.78. The largest absolute Gasteiger partial charge is 0.376 e. The van der Waals surface area contributed by atoms with Crippen LogP contribution in [-0.2, 0) is 0 Å².